The number of sulfone groups is 1. The van der Waals surface area contributed by atoms with Crippen LogP contribution < -0.4 is 4.74 Å². The Balaban J connectivity index is 2.77. The maximum absolute atomic E-state index is 12.2. The molecule has 0 aliphatic rings. The van der Waals surface area contributed by atoms with E-state index in [4.69, 9.17) is 9.47 Å². The quantitative estimate of drug-likeness (QED) is 0.686. The van der Waals surface area contributed by atoms with E-state index in [1.807, 2.05) is 0 Å². The Morgan fingerprint density at radius 1 is 1.14 bits per heavy atom. The van der Waals surface area contributed by atoms with Crippen molar-refractivity contribution in [1.82, 2.24) is 0 Å². The van der Waals surface area contributed by atoms with Crippen molar-refractivity contribution >= 4 is 15.8 Å². The van der Waals surface area contributed by atoms with E-state index in [1.54, 1.807) is 12.1 Å². The van der Waals surface area contributed by atoms with Gasteiger partial charge in [0.05, 0.1) is 11.5 Å². The zero-order chi connectivity index (χ0) is 16.8. The molecule has 1 aromatic carbocycles. The predicted octanol–water partition coefficient (Wildman–Crippen LogP) is 3.18. The van der Waals surface area contributed by atoms with E-state index in [9.17, 15) is 13.2 Å². The fourth-order valence-electron chi connectivity index (χ4n) is 1.95. The molecule has 0 aromatic heterocycles. The zero-order valence-electron chi connectivity index (χ0n) is 13.5. The average Bonchev–Trinajstić information content (AvgIpc) is 2.48. The van der Waals surface area contributed by atoms with Crippen molar-refractivity contribution in [2.75, 3.05) is 6.61 Å². The van der Waals surface area contributed by atoms with Gasteiger partial charge < -0.3 is 9.47 Å². The van der Waals surface area contributed by atoms with Crippen LogP contribution in [0, 0.1) is 5.92 Å². The van der Waals surface area contributed by atoms with Crippen LogP contribution in [0.5, 0.6) is 5.75 Å². The lowest BCUT2D eigenvalue weighted by Gasteiger charge is -2.15. The second-order valence-corrected chi connectivity index (χ2v) is 7.41. The second kappa shape index (κ2) is 8.17. The molecule has 0 fully saturated rings. The highest BCUT2D eigenvalue weighted by molar-refractivity contribution is 7.91. The molecule has 0 N–H and O–H groups in total. The largest absolute Gasteiger partial charge is 0.493 e. The summed E-state index contributed by atoms with van der Waals surface area (Å²) < 4.78 is 34.9. The van der Waals surface area contributed by atoms with Gasteiger partial charge >= 0.3 is 5.97 Å². The molecule has 6 heteroatoms. The van der Waals surface area contributed by atoms with Crippen LogP contribution in [0.2, 0.25) is 0 Å². The minimum absolute atomic E-state index is 0.108. The van der Waals surface area contributed by atoms with Crippen LogP contribution in [-0.2, 0) is 19.4 Å². The molecular weight excluding hydrogens is 304 g/mol. The number of hydrogen-bond acceptors (Lipinski definition) is 5. The summed E-state index contributed by atoms with van der Waals surface area (Å²) in [6.45, 7) is 7.37. The molecule has 0 aliphatic carbocycles. The Kier molecular flexibility index (Phi) is 6.87. The third-order valence-electron chi connectivity index (χ3n) is 3.56. The molecule has 0 radical (unpaired) electrons. The number of esters is 1. The fraction of sp³-hybridized carbons (Fsp3) is 0.562. The molecule has 0 amide bonds. The minimum Gasteiger partial charge on any atom is -0.493 e. The van der Waals surface area contributed by atoms with E-state index in [1.165, 1.54) is 26.0 Å². The number of hydrogen-bond donors (Lipinski definition) is 0. The normalized spacial score (nSPS) is 13.0. The highest BCUT2D eigenvalue weighted by atomic mass is 32.2. The fourth-order valence-corrected chi connectivity index (χ4v) is 3.11. The molecule has 5 nitrogen and oxygen atoms in total. The molecule has 124 valence electrons. The van der Waals surface area contributed by atoms with Crippen molar-refractivity contribution < 1.29 is 22.7 Å². The van der Waals surface area contributed by atoms with Crippen LogP contribution in [0.15, 0.2) is 29.2 Å². The smallest absolute Gasteiger partial charge is 0.303 e. The summed E-state index contributed by atoms with van der Waals surface area (Å²) in [4.78, 5) is 11.0. The summed E-state index contributed by atoms with van der Waals surface area (Å²) in [5.74, 6) is 0.500. The van der Waals surface area contributed by atoms with Gasteiger partial charge in [-0.15, -0.1) is 0 Å². The van der Waals surface area contributed by atoms with Gasteiger partial charge in [0.15, 0.2) is 0 Å². The average molecular weight is 328 g/mol. The van der Waals surface area contributed by atoms with Crippen molar-refractivity contribution in [3.8, 4) is 5.75 Å². The maximum atomic E-state index is 12.2. The lowest BCUT2D eigenvalue weighted by atomic mass is 10.1. The number of carbonyl (C=O) groups is 1. The van der Waals surface area contributed by atoms with Crippen LogP contribution in [0.25, 0.3) is 0 Å². The summed E-state index contributed by atoms with van der Waals surface area (Å²) in [6.07, 6.45) is 2.09. The van der Waals surface area contributed by atoms with E-state index >= 15 is 0 Å². The second-order valence-electron chi connectivity index (χ2n) is 5.19. The molecule has 1 aromatic rings. The Morgan fingerprint density at radius 3 is 2.14 bits per heavy atom. The first-order chi connectivity index (χ1) is 10.3. The Labute approximate surface area is 132 Å². The molecule has 0 saturated heterocycles. The van der Waals surface area contributed by atoms with E-state index in [0.29, 0.717) is 18.3 Å². The number of ether oxygens (including phenoxy) is 2. The minimum atomic E-state index is -3.69. The maximum Gasteiger partial charge on any atom is 0.303 e. The van der Waals surface area contributed by atoms with Gasteiger partial charge in [-0.2, -0.15) is 0 Å². The highest BCUT2D eigenvalue weighted by Gasteiger charge is 2.25. The van der Waals surface area contributed by atoms with Crippen molar-refractivity contribution in [3.63, 3.8) is 0 Å². The van der Waals surface area contributed by atoms with E-state index in [-0.39, 0.29) is 4.90 Å². The SMILES string of the molecule is CCC(CC)COc1ccc(S(=O)(=O)C(C)OC(C)=O)cc1. The van der Waals surface area contributed by atoms with Crippen molar-refractivity contribution in [2.45, 2.75) is 50.9 Å². The van der Waals surface area contributed by atoms with E-state index < -0.39 is 21.2 Å². The molecule has 0 saturated carbocycles. The molecule has 1 atom stereocenters. The lowest BCUT2D eigenvalue weighted by molar-refractivity contribution is -0.142. The van der Waals surface area contributed by atoms with Crippen LogP contribution >= 0.6 is 0 Å². The standard InChI is InChI=1S/C16H24O5S/c1-5-14(6-2)11-20-15-7-9-16(10-8-15)22(18,19)13(4)21-12(3)17/h7-10,13-14H,5-6,11H2,1-4H3. The molecule has 1 rings (SSSR count). The lowest BCUT2D eigenvalue weighted by Crippen LogP contribution is -2.23. The van der Waals surface area contributed by atoms with Crippen molar-refractivity contribution in [2.24, 2.45) is 5.92 Å². The first kappa shape index (κ1) is 18.5. The Morgan fingerprint density at radius 2 is 1.68 bits per heavy atom. The predicted molar refractivity (Wildman–Crippen MR) is 84.4 cm³/mol. The van der Waals surface area contributed by atoms with Crippen LogP contribution in [0.4, 0.5) is 0 Å². The van der Waals surface area contributed by atoms with Gasteiger partial charge in [0, 0.05) is 6.92 Å². The third-order valence-corrected chi connectivity index (χ3v) is 5.46. The van der Waals surface area contributed by atoms with Crippen LogP contribution in [0.1, 0.15) is 40.5 Å². The van der Waals surface area contributed by atoms with Gasteiger partial charge in [0.2, 0.25) is 15.3 Å². The molecule has 0 bridgehead atoms. The number of rotatable bonds is 8. The molecule has 22 heavy (non-hydrogen) atoms. The number of carbonyl (C=O) groups excluding carboxylic acids is 1. The third kappa shape index (κ3) is 5.02. The van der Waals surface area contributed by atoms with Crippen molar-refractivity contribution in [3.05, 3.63) is 24.3 Å². The summed E-state index contributed by atoms with van der Waals surface area (Å²) in [6, 6.07) is 6.18. The van der Waals surface area contributed by atoms with E-state index in [2.05, 4.69) is 13.8 Å². The zero-order valence-corrected chi connectivity index (χ0v) is 14.4. The monoisotopic (exact) mass is 328 g/mol. The van der Waals surface area contributed by atoms with Gasteiger partial charge in [0.1, 0.15) is 5.75 Å². The van der Waals surface area contributed by atoms with Gasteiger partial charge in [0.25, 0.3) is 0 Å². The molecule has 0 spiro atoms. The summed E-state index contributed by atoms with van der Waals surface area (Å²) in [5, 5.41) is 0. The first-order valence-electron chi connectivity index (χ1n) is 7.45. The molecule has 0 aliphatic heterocycles. The summed E-state index contributed by atoms with van der Waals surface area (Å²) >= 11 is 0. The molecule has 1 unspecified atom stereocenters. The molecule has 0 heterocycles. The van der Waals surface area contributed by atoms with Crippen molar-refractivity contribution in [1.29, 1.82) is 0 Å². The van der Waals surface area contributed by atoms with Gasteiger partial charge in [-0.05, 0) is 37.1 Å². The number of benzene rings is 1. The topological polar surface area (TPSA) is 69.7 Å². The summed E-state index contributed by atoms with van der Waals surface area (Å²) in [5.41, 5.74) is -1.21. The van der Waals surface area contributed by atoms with Gasteiger partial charge in [-0.1, -0.05) is 26.7 Å². The highest BCUT2D eigenvalue weighted by Crippen LogP contribution is 2.21. The van der Waals surface area contributed by atoms with Crippen LogP contribution in [0.3, 0.4) is 0 Å². The molecular formula is C16H24O5S. The summed E-state index contributed by atoms with van der Waals surface area (Å²) in [7, 11) is -3.69. The van der Waals surface area contributed by atoms with Crippen LogP contribution in [-0.4, -0.2) is 26.4 Å². The Bertz CT molecular complexity index is 573. The Hall–Kier alpha value is -1.56. The van der Waals surface area contributed by atoms with E-state index in [0.717, 1.165) is 12.8 Å². The first-order valence-corrected chi connectivity index (χ1v) is 8.99. The van der Waals surface area contributed by atoms with Gasteiger partial charge in [-0.3, -0.25) is 4.79 Å². The van der Waals surface area contributed by atoms with Gasteiger partial charge in [-0.25, -0.2) is 8.42 Å².